The highest BCUT2D eigenvalue weighted by atomic mass is 16.4. The molecular formula is C11H11NO2. The number of aromatic carboxylic acids is 1. The summed E-state index contributed by atoms with van der Waals surface area (Å²) in [5.74, 6) is -1.04. The fourth-order valence-corrected chi connectivity index (χ4v) is 1.44. The number of nitrogens with zero attached hydrogens (tertiary/aromatic N) is 1. The molecule has 14 heavy (non-hydrogen) atoms. The first-order valence-electron chi connectivity index (χ1n) is 4.37. The average molecular weight is 189 g/mol. The lowest BCUT2D eigenvalue weighted by atomic mass is 9.97. The Hall–Kier alpha value is -1.82. The molecule has 0 amide bonds. The van der Waals surface area contributed by atoms with Crippen LogP contribution in [0.2, 0.25) is 0 Å². The molecule has 1 aromatic rings. The van der Waals surface area contributed by atoms with E-state index in [0.717, 1.165) is 11.1 Å². The average Bonchev–Trinajstić information content (AvgIpc) is 2.16. The van der Waals surface area contributed by atoms with Crippen molar-refractivity contribution in [2.45, 2.75) is 20.3 Å². The Kier molecular flexibility index (Phi) is 2.88. The number of aryl methyl sites for hydroxylation is 2. The molecule has 0 saturated heterocycles. The van der Waals surface area contributed by atoms with Crippen LogP contribution in [0.1, 0.15) is 34.0 Å². The zero-order valence-electron chi connectivity index (χ0n) is 8.16. The summed E-state index contributed by atoms with van der Waals surface area (Å²) < 4.78 is 0. The molecule has 0 aliphatic carbocycles. The van der Waals surface area contributed by atoms with Crippen LogP contribution in [0.15, 0.2) is 12.1 Å². The van der Waals surface area contributed by atoms with Crippen LogP contribution in [0.3, 0.4) is 0 Å². The Balaban J connectivity index is 3.49. The Bertz CT molecular complexity index is 416. The van der Waals surface area contributed by atoms with E-state index in [-0.39, 0.29) is 11.1 Å². The van der Waals surface area contributed by atoms with E-state index in [1.165, 1.54) is 6.07 Å². The molecule has 1 aromatic carbocycles. The van der Waals surface area contributed by atoms with Crippen molar-refractivity contribution in [3.05, 3.63) is 34.4 Å². The van der Waals surface area contributed by atoms with Crippen molar-refractivity contribution in [2.75, 3.05) is 0 Å². The standard InChI is InChI=1S/C11H11NO2/c1-3-8-4-7(2)5-9(11(13)14)10(8)6-12/h4-5H,3H2,1-2H3,(H,13,14). The van der Waals surface area contributed by atoms with Crippen LogP contribution < -0.4 is 0 Å². The van der Waals surface area contributed by atoms with E-state index < -0.39 is 5.97 Å². The lowest BCUT2D eigenvalue weighted by molar-refractivity contribution is 0.0696. The molecule has 0 saturated carbocycles. The SMILES string of the molecule is CCc1cc(C)cc(C(=O)O)c1C#N. The zero-order valence-corrected chi connectivity index (χ0v) is 8.16. The number of carbonyl (C=O) groups is 1. The smallest absolute Gasteiger partial charge is 0.337 e. The number of carboxylic acids is 1. The van der Waals surface area contributed by atoms with Gasteiger partial charge in [0.25, 0.3) is 0 Å². The number of benzene rings is 1. The molecule has 1 rings (SSSR count). The summed E-state index contributed by atoms with van der Waals surface area (Å²) in [7, 11) is 0. The molecule has 0 heterocycles. The predicted molar refractivity (Wildman–Crippen MR) is 52.2 cm³/mol. The number of hydrogen-bond donors (Lipinski definition) is 1. The van der Waals surface area contributed by atoms with E-state index in [4.69, 9.17) is 10.4 Å². The third-order valence-electron chi connectivity index (χ3n) is 2.09. The van der Waals surface area contributed by atoms with E-state index in [9.17, 15) is 4.79 Å². The highest BCUT2D eigenvalue weighted by molar-refractivity contribution is 5.91. The third kappa shape index (κ3) is 1.74. The fourth-order valence-electron chi connectivity index (χ4n) is 1.44. The minimum absolute atomic E-state index is 0.101. The molecule has 0 radical (unpaired) electrons. The first-order valence-corrected chi connectivity index (χ1v) is 4.37. The van der Waals surface area contributed by atoms with Gasteiger partial charge >= 0.3 is 5.97 Å². The molecular weight excluding hydrogens is 178 g/mol. The molecule has 0 aliphatic rings. The van der Waals surface area contributed by atoms with Crippen molar-refractivity contribution in [2.24, 2.45) is 0 Å². The molecule has 1 N–H and O–H groups in total. The first-order chi connectivity index (χ1) is 6.60. The minimum Gasteiger partial charge on any atom is -0.478 e. The van der Waals surface area contributed by atoms with Gasteiger partial charge in [-0.25, -0.2) is 4.79 Å². The molecule has 0 unspecified atom stereocenters. The van der Waals surface area contributed by atoms with Crippen molar-refractivity contribution >= 4 is 5.97 Å². The van der Waals surface area contributed by atoms with Gasteiger partial charge in [0.2, 0.25) is 0 Å². The fraction of sp³-hybridized carbons (Fsp3) is 0.273. The van der Waals surface area contributed by atoms with Gasteiger partial charge in [-0.1, -0.05) is 13.0 Å². The van der Waals surface area contributed by atoms with Crippen LogP contribution in [0.4, 0.5) is 0 Å². The van der Waals surface area contributed by atoms with Crippen molar-refractivity contribution in [3.8, 4) is 6.07 Å². The van der Waals surface area contributed by atoms with Crippen molar-refractivity contribution < 1.29 is 9.90 Å². The topological polar surface area (TPSA) is 61.1 Å². The number of rotatable bonds is 2. The van der Waals surface area contributed by atoms with Crippen molar-refractivity contribution in [1.29, 1.82) is 5.26 Å². The van der Waals surface area contributed by atoms with Crippen LogP contribution >= 0.6 is 0 Å². The van der Waals surface area contributed by atoms with Crippen molar-refractivity contribution in [3.63, 3.8) is 0 Å². The van der Waals surface area contributed by atoms with E-state index in [0.29, 0.717) is 6.42 Å². The molecule has 3 nitrogen and oxygen atoms in total. The van der Waals surface area contributed by atoms with Crippen LogP contribution in [-0.2, 0) is 6.42 Å². The maximum absolute atomic E-state index is 10.8. The third-order valence-corrected chi connectivity index (χ3v) is 2.09. The van der Waals surface area contributed by atoms with Gasteiger partial charge in [-0.15, -0.1) is 0 Å². The summed E-state index contributed by atoms with van der Waals surface area (Å²) in [5, 5.41) is 17.7. The summed E-state index contributed by atoms with van der Waals surface area (Å²) in [5.41, 5.74) is 2.05. The summed E-state index contributed by atoms with van der Waals surface area (Å²) in [4.78, 5) is 10.8. The Morgan fingerprint density at radius 3 is 2.64 bits per heavy atom. The van der Waals surface area contributed by atoms with Gasteiger partial charge in [0.1, 0.15) is 6.07 Å². The maximum Gasteiger partial charge on any atom is 0.337 e. The summed E-state index contributed by atoms with van der Waals surface area (Å²) in [6, 6.07) is 5.32. The normalized spacial score (nSPS) is 9.50. The van der Waals surface area contributed by atoms with E-state index in [2.05, 4.69) is 0 Å². The second kappa shape index (κ2) is 3.93. The van der Waals surface area contributed by atoms with Crippen LogP contribution in [-0.4, -0.2) is 11.1 Å². The summed E-state index contributed by atoms with van der Waals surface area (Å²) in [6.45, 7) is 3.73. The van der Waals surface area contributed by atoms with E-state index in [1.807, 2.05) is 26.0 Å². The molecule has 0 aromatic heterocycles. The van der Waals surface area contributed by atoms with Gasteiger partial charge in [-0.05, 0) is 30.5 Å². The summed E-state index contributed by atoms with van der Waals surface area (Å²) >= 11 is 0. The summed E-state index contributed by atoms with van der Waals surface area (Å²) in [6.07, 6.45) is 0.671. The van der Waals surface area contributed by atoms with Gasteiger partial charge in [-0.3, -0.25) is 0 Å². The molecule has 72 valence electrons. The molecule has 0 spiro atoms. The largest absolute Gasteiger partial charge is 0.478 e. The quantitative estimate of drug-likeness (QED) is 0.775. The number of nitriles is 1. The van der Waals surface area contributed by atoms with E-state index in [1.54, 1.807) is 0 Å². The molecule has 0 atom stereocenters. The van der Waals surface area contributed by atoms with Crippen molar-refractivity contribution in [1.82, 2.24) is 0 Å². The number of carboxylic acid groups (broad SMARTS) is 1. The lowest BCUT2D eigenvalue weighted by Gasteiger charge is -2.06. The second-order valence-electron chi connectivity index (χ2n) is 3.12. The van der Waals surface area contributed by atoms with Gasteiger partial charge < -0.3 is 5.11 Å². The molecule has 3 heteroatoms. The Labute approximate surface area is 82.6 Å². The maximum atomic E-state index is 10.8. The monoisotopic (exact) mass is 189 g/mol. The highest BCUT2D eigenvalue weighted by Crippen LogP contribution is 2.17. The second-order valence-corrected chi connectivity index (χ2v) is 3.12. The number of hydrogen-bond acceptors (Lipinski definition) is 2. The van der Waals surface area contributed by atoms with Gasteiger partial charge in [0.15, 0.2) is 0 Å². The predicted octanol–water partition coefficient (Wildman–Crippen LogP) is 2.13. The zero-order chi connectivity index (χ0) is 10.7. The van der Waals surface area contributed by atoms with Gasteiger partial charge in [0.05, 0.1) is 11.1 Å². The Morgan fingerprint density at radius 2 is 2.21 bits per heavy atom. The van der Waals surface area contributed by atoms with Crippen LogP contribution in [0, 0.1) is 18.3 Å². The van der Waals surface area contributed by atoms with E-state index >= 15 is 0 Å². The highest BCUT2D eigenvalue weighted by Gasteiger charge is 2.13. The van der Waals surface area contributed by atoms with Gasteiger partial charge in [-0.2, -0.15) is 5.26 Å². The van der Waals surface area contributed by atoms with Crippen LogP contribution in [0.25, 0.3) is 0 Å². The van der Waals surface area contributed by atoms with Gasteiger partial charge in [0, 0.05) is 0 Å². The molecule has 0 fully saturated rings. The molecule has 0 bridgehead atoms. The van der Waals surface area contributed by atoms with Crippen LogP contribution in [0.5, 0.6) is 0 Å². The lowest BCUT2D eigenvalue weighted by Crippen LogP contribution is -2.04. The molecule has 0 aliphatic heterocycles. The minimum atomic E-state index is -1.04. The first kappa shape index (κ1) is 10.3. The Morgan fingerprint density at radius 1 is 1.57 bits per heavy atom.